The molecule has 8 aromatic rings. The van der Waals surface area contributed by atoms with Crippen molar-refractivity contribution in [1.82, 2.24) is 0 Å². The van der Waals surface area contributed by atoms with Crippen LogP contribution >= 0.6 is 17.0 Å². The van der Waals surface area contributed by atoms with Crippen molar-refractivity contribution >= 4 is 48.1 Å². The Bertz CT molecular complexity index is 2230. The summed E-state index contributed by atoms with van der Waals surface area (Å²) in [5.74, 6) is 0. The second kappa shape index (κ2) is 22.2. The monoisotopic (exact) mass is 864 g/mol. The quantitative estimate of drug-likeness (QED) is 0.105. The maximum absolute atomic E-state index is 4.93. The molecule has 0 N–H and O–H groups in total. The first kappa shape index (κ1) is 43.3. The van der Waals surface area contributed by atoms with E-state index in [-0.39, 0.29) is 0 Å². The third kappa shape index (κ3) is 10.8. The van der Waals surface area contributed by atoms with Crippen LogP contribution in [0.3, 0.4) is 0 Å². The summed E-state index contributed by atoms with van der Waals surface area (Å²) in [5.41, 5.74) is 16.1. The van der Waals surface area contributed by atoms with Crippen molar-refractivity contribution < 1.29 is 20.8 Å². The Morgan fingerprint density at radius 3 is 1.16 bits per heavy atom. The summed E-state index contributed by atoms with van der Waals surface area (Å²) in [4.78, 5) is 0. The number of halogens is 2. The fourth-order valence-corrected chi connectivity index (χ4v) is 7.56. The molecule has 0 saturated heterocycles. The number of hydrogen-bond acceptors (Lipinski definition) is 0. The summed E-state index contributed by atoms with van der Waals surface area (Å²) in [6, 6.07) is 57.5. The molecule has 0 aromatic heterocycles. The first-order valence-corrected chi connectivity index (χ1v) is 27.9. The van der Waals surface area contributed by atoms with Gasteiger partial charge in [-0.3, -0.25) is 0 Å². The van der Waals surface area contributed by atoms with Crippen molar-refractivity contribution in [2.24, 2.45) is 0 Å². The zero-order valence-electron chi connectivity index (χ0n) is 33.6. The normalized spacial score (nSPS) is 10.4. The molecule has 0 nitrogen and oxygen atoms in total. The van der Waals surface area contributed by atoms with Crippen LogP contribution in [0.4, 0.5) is 0 Å². The zero-order chi connectivity index (χ0) is 39.9. The molecule has 0 amide bonds. The first-order chi connectivity index (χ1) is 27.4. The SMILES string of the molecule is CCCc1cc2c(-c3ccccc3C)c(-c3ccccc3)ccc2[cH-]1.CCCc1cc2c(-c3ccccc3C)c(-c3ccccc3)ccc2[cH-]1.C[Si]C.[Cl][Zr+2][Cl]. The molecule has 282 valence electrons. The van der Waals surface area contributed by atoms with Crippen molar-refractivity contribution in [3.8, 4) is 44.5 Å². The van der Waals surface area contributed by atoms with E-state index in [0.717, 1.165) is 22.4 Å². The number of benzene rings is 6. The van der Waals surface area contributed by atoms with Gasteiger partial charge in [-0.2, -0.15) is 12.1 Å². The van der Waals surface area contributed by atoms with Crippen molar-refractivity contribution in [3.63, 3.8) is 0 Å². The van der Waals surface area contributed by atoms with Gasteiger partial charge in [-0.15, -0.1) is 56.9 Å². The number of aryl methyl sites for hydroxylation is 4. The Kier molecular flexibility index (Phi) is 17.2. The molecule has 0 aliphatic rings. The van der Waals surface area contributed by atoms with E-state index in [1.54, 1.807) is 0 Å². The van der Waals surface area contributed by atoms with Crippen LogP contribution in [0.25, 0.3) is 66.1 Å². The predicted molar refractivity (Wildman–Crippen MR) is 247 cm³/mol. The molecule has 0 aliphatic carbocycles. The van der Waals surface area contributed by atoms with E-state index in [2.05, 4.69) is 199 Å². The molecule has 0 unspecified atom stereocenters. The summed E-state index contributed by atoms with van der Waals surface area (Å²) in [5, 5.41) is 5.45. The molecule has 8 aromatic carbocycles. The van der Waals surface area contributed by atoms with E-state index >= 15 is 0 Å². The Balaban J connectivity index is 0.000000188. The molecule has 4 heteroatoms. The fraction of sp³-hybridized carbons (Fsp3) is 0.192. The van der Waals surface area contributed by atoms with Crippen LogP contribution in [-0.4, -0.2) is 9.52 Å². The van der Waals surface area contributed by atoms with Gasteiger partial charge >= 0.3 is 37.9 Å². The molecular weight excluding hydrogens is 815 g/mol. The summed E-state index contributed by atoms with van der Waals surface area (Å²) in [6.45, 7) is 13.2. The van der Waals surface area contributed by atoms with Crippen LogP contribution in [0, 0.1) is 13.8 Å². The molecule has 0 spiro atoms. The van der Waals surface area contributed by atoms with Gasteiger partial charge in [0, 0.05) is 9.52 Å². The molecular formula is C52H52Cl2SiZr. The number of hydrogen-bond donors (Lipinski definition) is 0. The van der Waals surface area contributed by atoms with E-state index in [1.807, 2.05) is 0 Å². The second-order valence-corrected chi connectivity index (χ2v) is 18.9. The molecule has 0 aliphatic heterocycles. The summed E-state index contributed by atoms with van der Waals surface area (Å²) < 4.78 is 0. The van der Waals surface area contributed by atoms with Gasteiger partial charge in [0.05, 0.1) is 0 Å². The standard InChI is InChI=1S/2C25H23.C2H6Si.2ClH.Zr/c2*1-3-9-19-16-21-14-15-23(20-11-5-4-6-12-20)25(24(21)17-19)22-13-8-7-10-18(22)2;1-3-2;;;/h2*4-8,10-17H,3,9H2,1-2H3;1-2H3;2*1H;/q2*-1;;;;+4/p-2. The van der Waals surface area contributed by atoms with Crippen LogP contribution in [0.15, 0.2) is 158 Å². The summed E-state index contributed by atoms with van der Waals surface area (Å²) in [7, 11) is 11.0. The van der Waals surface area contributed by atoms with E-state index in [9.17, 15) is 0 Å². The van der Waals surface area contributed by atoms with Gasteiger partial charge in [-0.1, -0.05) is 172 Å². The zero-order valence-corrected chi connectivity index (χ0v) is 38.6. The third-order valence-corrected chi connectivity index (χ3v) is 9.98. The second-order valence-electron chi connectivity index (χ2n) is 14.1. The minimum atomic E-state index is -0.826. The fourth-order valence-electron chi connectivity index (χ4n) is 7.56. The molecule has 0 atom stereocenters. The molecule has 8 rings (SSSR count). The van der Waals surface area contributed by atoms with E-state index < -0.39 is 20.8 Å². The summed E-state index contributed by atoms with van der Waals surface area (Å²) in [6.07, 6.45) is 4.65. The van der Waals surface area contributed by atoms with Gasteiger partial charge < -0.3 is 0 Å². The van der Waals surface area contributed by atoms with Gasteiger partial charge in [0.25, 0.3) is 0 Å². The van der Waals surface area contributed by atoms with E-state index in [0.29, 0.717) is 0 Å². The van der Waals surface area contributed by atoms with Crippen LogP contribution in [0.2, 0.25) is 13.1 Å². The molecule has 56 heavy (non-hydrogen) atoms. The van der Waals surface area contributed by atoms with Crippen LogP contribution < -0.4 is 0 Å². The van der Waals surface area contributed by atoms with Crippen molar-refractivity contribution in [3.05, 3.63) is 180 Å². The van der Waals surface area contributed by atoms with Crippen molar-refractivity contribution in [2.75, 3.05) is 0 Å². The van der Waals surface area contributed by atoms with Gasteiger partial charge in [0.15, 0.2) is 0 Å². The maximum atomic E-state index is 4.93. The van der Waals surface area contributed by atoms with Gasteiger partial charge in [-0.05, 0) is 71.2 Å². The number of fused-ring (bicyclic) bond motifs is 2. The van der Waals surface area contributed by atoms with E-state index in [1.165, 1.54) is 101 Å². The Morgan fingerprint density at radius 2 is 0.821 bits per heavy atom. The minimum absolute atomic E-state index is 0.826. The Labute approximate surface area is 357 Å². The van der Waals surface area contributed by atoms with Gasteiger partial charge in [0.2, 0.25) is 0 Å². The topological polar surface area (TPSA) is 0 Å². The molecule has 0 fully saturated rings. The molecule has 0 saturated carbocycles. The van der Waals surface area contributed by atoms with E-state index in [4.69, 9.17) is 17.0 Å². The third-order valence-electron chi connectivity index (χ3n) is 9.98. The molecule has 0 heterocycles. The van der Waals surface area contributed by atoms with Gasteiger partial charge in [0.1, 0.15) is 0 Å². The number of rotatable bonds is 8. The first-order valence-electron chi connectivity index (χ1n) is 19.6. The van der Waals surface area contributed by atoms with Crippen molar-refractivity contribution in [2.45, 2.75) is 66.5 Å². The average Bonchev–Trinajstić information content (AvgIpc) is 3.83. The summed E-state index contributed by atoms with van der Waals surface area (Å²) >= 11 is -0.826. The van der Waals surface area contributed by atoms with Crippen molar-refractivity contribution in [1.29, 1.82) is 0 Å². The van der Waals surface area contributed by atoms with Gasteiger partial charge in [-0.25, -0.2) is 0 Å². The van der Waals surface area contributed by atoms with Crippen LogP contribution in [0.1, 0.15) is 48.9 Å². The Morgan fingerprint density at radius 1 is 0.482 bits per heavy atom. The van der Waals surface area contributed by atoms with Crippen LogP contribution in [-0.2, 0) is 33.7 Å². The predicted octanol–water partition coefficient (Wildman–Crippen LogP) is 16.5. The molecule has 0 bridgehead atoms. The molecule has 2 radical (unpaired) electrons. The Hall–Kier alpha value is -3.78. The van der Waals surface area contributed by atoms with Crippen LogP contribution in [0.5, 0.6) is 0 Å². The average molecular weight is 867 g/mol.